The molecule has 0 bridgehead atoms. The van der Waals surface area contributed by atoms with Gasteiger partial charge in [0.2, 0.25) is 0 Å². The van der Waals surface area contributed by atoms with Crippen molar-refractivity contribution >= 4 is 6.03 Å². The topological polar surface area (TPSA) is 64.9 Å². The van der Waals surface area contributed by atoms with Crippen molar-refractivity contribution < 1.29 is 4.79 Å². The summed E-state index contributed by atoms with van der Waals surface area (Å²) in [6.07, 6.45) is 2.73. The molecule has 1 rings (SSSR count). The maximum atomic E-state index is 11.3. The van der Waals surface area contributed by atoms with E-state index in [1.165, 1.54) is 0 Å². The maximum Gasteiger partial charge on any atom is 0.316 e. The van der Waals surface area contributed by atoms with E-state index >= 15 is 0 Å². The van der Waals surface area contributed by atoms with Gasteiger partial charge in [-0.05, 0) is 26.2 Å². The molecule has 0 aromatic heterocycles. The fourth-order valence-electron chi connectivity index (χ4n) is 0.895. The Morgan fingerprint density at radius 2 is 2.31 bits per heavy atom. The predicted octanol–water partition coefficient (Wildman–Crippen LogP) is 1.14. The van der Waals surface area contributed by atoms with Gasteiger partial charge in [0.05, 0.1) is 6.07 Å². The van der Waals surface area contributed by atoms with Crippen LogP contribution in [0.5, 0.6) is 0 Å². The molecule has 2 N–H and O–H groups in total. The van der Waals surface area contributed by atoms with Crippen molar-refractivity contribution in [1.82, 2.24) is 10.6 Å². The highest BCUT2D eigenvalue weighted by molar-refractivity contribution is 5.75. The van der Waals surface area contributed by atoms with Gasteiger partial charge < -0.3 is 10.6 Å². The number of urea groups is 1. The second-order valence-electron chi connectivity index (χ2n) is 3.67. The zero-order valence-electron chi connectivity index (χ0n) is 8.05. The number of nitrogens with zero attached hydrogens (tertiary/aromatic N) is 1. The van der Waals surface area contributed by atoms with Crippen LogP contribution in [-0.2, 0) is 0 Å². The molecule has 1 aliphatic carbocycles. The minimum Gasteiger partial charge on any atom is -0.335 e. The lowest BCUT2D eigenvalue weighted by atomic mass is 10.0. The number of hydrogen-bond acceptors (Lipinski definition) is 2. The molecule has 0 spiro atoms. The van der Waals surface area contributed by atoms with Gasteiger partial charge in [-0.15, -0.1) is 0 Å². The van der Waals surface area contributed by atoms with E-state index in [0.29, 0.717) is 12.5 Å². The van der Waals surface area contributed by atoms with Crippen LogP contribution in [0.15, 0.2) is 0 Å². The molecule has 1 saturated carbocycles. The lowest BCUT2D eigenvalue weighted by Gasteiger charge is -2.21. The molecule has 0 radical (unpaired) electrons. The summed E-state index contributed by atoms with van der Waals surface area (Å²) in [5.41, 5.74) is -0.737. The second-order valence-corrected chi connectivity index (χ2v) is 3.67. The quantitative estimate of drug-likeness (QED) is 0.685. The summed E-state index contributed by atoms with van der Waals surface area (Å²) in [7, 11) is 0. The number of nitrogens with one attached hydrogen (secondary N) is 2. The largest absolute Gasteiger partial charge is 0.335 e. The van der Waals surface area contributed by atoms with E-state index in [9.17, 15) is 4.79 Å². The summed E-state index contributed by atoms with van der Waals surface area (Å²) < 4.78 is 0. The molecule has 1 unspecified atom stereocenters. The third-order valence-electron chi connectivity index (χ3n) is 2.26. The first kappa shape index (κ1) is 9.85. The average molecular weight is 181 g/mol. The molecule has 72 valence electrons. The van der Waals surface area contributed by atoms with Crippen LogP contribution in [0, 0.1) is 11.3 Å². The molecule has 1 aliphatic rings. The van der Waals surface area contributed by atoms with Gasteiger partial charge in [-0.25, -0.2) is 4.79 Å². The van der Waals surface area contributed by atoms with Crippen molar-refractivity contribution in [1.29, 1.82) is 5.26 Å². The van der Waals surface area contributed by atoms with Gasteiger partial charge in [0.25, 0.3) is 0 Å². The molecule has 4 heteroatoms. The first-order chi connectivity index (χ1) is 6.09. The Labute approximate surface area is 78.3 Å². The minimum atomic E-state index is -0.737. The fourth-order valence-corrected chi connectivity index (χ4v) is 0.895. The molecule has 0 heterocycles. The molecular formula is C9H15N3O. The highest BCUT2D eigenvalue weighted by atomic mass is 16.2. The third kappa shape index (κ3) is 2.94. The lowest BCUT2D eigenvalue weighted by Crippen LogP contribution is -2.49. The third-order valence-corrected chi connectivity index (χ3v) is 2.26. The Morgan fingerprint density at radius 3 is 2.69 bits per heavy atom. The molecule has 4 nitrogen and oxygen atoms in total. The Hall–Kier alpha value is -1.24. The van der Waals surface area contributed by atoms with Gasteiger partial charge in [-0.1, -0.05) is 6.92 Å². The molecule has 0 aromatic carbocycles. The highest BCUT2D eigenvalue weighted by Gasteiger charge is 2.28. The Morgan fingerprint density at radius 1 is 1.69 bits per heavy atom. The van der Waals surface area contributed by atoms with Crippen molar-refractivity contribution in [2.75, 3.05) is 0 Å². The maximum absolute atomic E-state index is 11.3. The van der Waals surface area contributed by atoms with Crippen molar-refractivity contribution in [2.24, 2.45) is 0 Å². The molecule has 0 aromatic rings. The number of hydrogen-bond donors (Lipinski definition) is 2. The normalized spacial score (nSPS) is 19.8. The molecule has 13 heavy (non-hydrogen) atoms. The van der Waals surface area contributed by atoms with E-state index in [1.54, 1.807) is 6.92 Å². The Bertz CT molecular complexity index is 242. The molecule has 0 saturated heterocycles. The van der Waals surface area contributed by atoms with Crippen LogP contribution < -0.4 is 10.6 Å². The van der Waals surface area contributed by atoms with Gasteiger partial charge in [-0.3, -0.25) is 0 Å². The van der Waals surface area contributed by atoms with Gasteiger partial charge in [0, 0.05) is 6.04 Å². The average Bonchev–Trinajstić information content (AvgIpc) is 2.88. The molecule has 2 amide bonds. The van der Waals surface area contributed by atoms with E-state index in [4.69, 9.17) is 5.26 Å². The van der Waals surface area contributed by atoms with Crippen LogP contribution >= 0.6 is 0 Å². The number of nitriles is 1. The predicted molar refractivity (Wildman–Crippen MR) is 49.0 cm³/mol. The van der Waals surface area contributed by atoms with Crippen LogP contribution in [0.1, 0.15) is 33.1 Å². The summed E-state index contributed by atoms with van der Waals surface area (Å²) >= 11 is 0. The van der Waals surface area contributed by atoms with Crippen molar-refractivity contribution in [3.63, 3.8) is 0 Å². The van der Waals surface area contributed by atoms with E-state index in [0.717, 1.165) is 12.8 Å². The zero-order chi connectivity index (χ0) is 9.90. The minimum absolute atomic E-state index is 0.228. The first-order valence-corrected chi connectivity index (χ1v) is 4.59. The fraction of sp³-hybridized carbons (Fsp3) is 0.778. The number of rotatable bonds is 3. The number of amides is 2. The van der Waals surface area contributed by atoms with Gasteiger partial charge in [-0.2, -0.15) is 5.26 Å². The standard InChI is InChI=1S/C9H15N3O/c1-3-9(2,6-10)12-8(13)11-7-4-5-7/h7H,3-5H2,1-2H3,(H2,11,12,13). The van der Waals surface area contributed by atoms with Crippen LogP contribution in [-0.4, -0.2) is 17.6 Å². The Kier molecular flexibility index (Phi) is 2.76. The van der Waals surface area contributed by atoms with E-state index in [1.807, 2.05) is 6.92 Å². The van der Waals surface area contributed by atoms with Crippen LogP contribution in [0.2, 0.25) is 0 Å². The molecule has 0 aliphatic heterocycles. The van der Waals surface area contributed by atoms with Crippen LogP contribution in [0.25, 0.3) is 0 Å². The van der Waals surface area contributed by atoms with E-state index < -0.39 is 5.54 Å². The van der Waals surface area contributed by atoms with Crippen molar-refractivity contribution in [3.8, 4) is 6.07 Å². The lowest BCUT2D eigenvalue weighted by molar-refractivity contribution is 0.232. The molecule has 1 fully saturated rings. The Balaban J connectivity index is 2.36. The summed E-state index contributed by atoms with van der Waals surface area (Å²) in [5, 5.41) is 14.2. The number of carbonyl (C=O) groups excluding carboxylic acids is 1. The summed E-state index contributed by atoms with van der Waals surface area (Å²) in [4.78, 5) is 11.3. The van der Waals surface area contributed by atoms with Gasteiger partial charge in [0.15, 0.2) is 0 Å². The van der Waals surface area contributed by atoms with Crippen molar-refractivity contribution in [3.05, 3.63) is 0 Å². The highest BCUT2D eigenvalue weighted by Crippen LogP contribution is 2.18. The molecule has 1 atom stereocenters. The second kappa shape index (κ2) is 3.65. The van der Waals surface area contributed by atoms with Gasteiger partial charge in [0.1, 0.15) is 5.54 Å². The van der Waals surface area contributed by atoms with E-state index in [2.05, 4.69) is 16.7 Å². The zero-order valence-corrected chi connectivity index (χ0v) is 8.05. The summed E-state index contributed by atoms with van der Waals surface area (Å²) in [5.74, 6) is 0. The van der Waals surface area contributed by atoms with Crippen LogP contribution in [0.3, 0.4) is 0 Å². The summed E-state index contributed by atoms with van der Waals surface area (Å²) in [6.45, 7) is 3.60. The first-order valence-electron chi connectivity index (χ1n) is 4.59. The van der Waals surface area contributed by atoms with Crippen molar-refractivity contribution in [2.45, 2.75) is 44.7 Å². The molecular weight excluding hydrogens is 166 g/mol. The van der Waals surface area contributed by atoms with Gasteiger partial charge >= 0.3 is 6.03 Å². The number of carbonyl (C=O) groups is 1. The monoisotopic (exact) mass is 181 g/mol. The van der Waals surface area contributed by atoms with E-state index in [-0.39, 0.29) is 6.03 Å². The van der Waals surface area contributed by atoms with Crippen LogP contribution in [0.4, 0.5) is 4.79 Å². The summed E-state index contributed by atoms with van der Waals surface area (Å²) in [6, 6.07) is 2.19. The smallest absolute Gasteiger partial charge is 0.316 e. The SMILES string of the molecule is CCC(C)(C#N)NC(=O)NC1CC1.